The lowest BCUT2D eigenvalue weighted by Crippen LogP contribution is -2.37. The molecule has 32 heavy (non-hydrogen) atoms. The number of thiocarbonyl (C=S) groups is 1. The number of para-hydroxylation sites is 1. The molecule has 7 nitrogen and oxygen atoms in total. The van der Waals surface area contributed by atoms with Crippen LogP contribution in [-0.4, -0.2) is 40.0 Å². The summed E-state index contributed by atoms with van der Waals surface area (Å²) in [6, 6.07) is 21.1. The zero-order chi connectivity index (χ0) is 22.5. The molecule has 2 amide bonds. The molecular formula is C24H22N4O3S. The summed E-state index contributed by atoms with van der Waals surface area (Å²) in [6.45, 7) is 0.315. The highest BCUT2D eigenvalue weighted by molar-refractivity contribution is 7.80. The zero-order valence-corrected chi connectivity index (χ0v) is 18.3. The van der Waals surface area contributed by atoms with Crippen molar-refractivity contribution in [3.05, 3.63) is 84.7 Å². The Hall–Kier alpha value is -3.78. The second-order valence-corrected chi connectivity index (χ2v) is 7.61. The Bertz CT molecular complexity index is 1120. The molecular weight excluding hydrogens is 424 g/mol. The van der Waals surface area contributed by atoms with Crippen molar-refractivity contribution in [2.45, 2.75) is 19.0 Å². The third kappa shape index (κ3) is 4.60. The average Bonchev–Trinajstić information content (AvgIpc) is 3.04. The van der Waals surface area contributed by atoms with Gasteiger partial charge in [0, 0.05) is 18.0 Å². The van der Waals surface area contributed by atoms with Crippen molar-refractivity contribution in [1.82, 2.24) is 9.88 Å². The van der Waals surface area contributed by atoms with Crippen LogP contribution >= 0.6 is 12.2 Å². The molecule has 0 unspecified atom stereocenters. The number of hydrogen-bond acceptors (Lipinski definition) is 5. The first-order chi connectivity index (χ1) is 15.6. The average molecular weight is 447 g/mol. The van der Waals surface area contributed by atoms with Crippen LogP contribution in [0, 0.1) is 0 Å². The second-order valence-electron chi connectivity index (χ2n) is 7.24. The van der Waals surface area contributed by atoms with Crippen molar-refractivity contribution >= 4 is 40.5 Å². The highest BCUT2D eigenvalue weighted by Crippen LogP contribution is 2.30. The Balaban J connectivity index is 1.62. The van der Waals surface area contributed by atoms with Gasteiger partial charge >= 0.3 is 0 Å². The van der Waals surface area contributed by atoms with E-state index in [0.717, 1.165) is 5.69 Å². The maximum atomic E-state index is 13.5. The minimum absolute atomic E-state index is 0.0405. The molecule has 1 saturated heterocycles. The fourth-order valence-electron chi connectivity index (χ4n) is 3.58. The number of pyridine rings is 1. The largest absolute Gasteiger partial charge is 0.497 e. The molecule has 162 valence electrons. The maximum absolute atomic E-state index is 13.5. The molecule has 1 aromatic heterocycles. The van der Waals surface area contributed by atoms with Crippen LogP contribution in [-0.2, 0) is 16.1 Å². The van der Waals surface area contributed by atoms with Crippen molar-refractivity contribution in [2.75, 3.05) is 17.3 Å². The molecule has 0 spiro atoms. The van der Waals surface area contributed by atoms with E-state index in [4.69, 9.17) is 17.0 Å². The predicted octanol–water partition coefficient (Wildman–Crippen LogP) is 3.62. The van der Waals surface area contributed by atoms with Crippen molar-refractivity contribution in [3.63, 3.8) is 0 Å². The first kappa shape index (κ1) is 21.5. The fourth-order valence-corrected chi connectivity index (χ4v) is 3.96. The summed E-state index contributed by atoms with van der Waals surface area (Å²) < 4.78 is 5.30. The van der Waals surface area contributed by atoms with Crippen LogP contribution in [0.15, 0.2) is 79.0 Å². The van der Waals surface area contributed by atoms with Gasteiger partial charge in [0.25, 0.3) is 5.91 Å². The SMILES string of the molecule is COc1cccc(N2C(=O)[C@@H](CC(=O)Nc3ccccc3)N(Cc3ccccn3)C2=S)c1. The van der Waals surface area contributed by atoms with Gasteiger partial charge in [-0.25, -0.2) is 0 Å². The molecule has 1 N–H and O–H groups in total. The van der Waals surface area contributed by atoms with Gasteiger partial charge in [-0.15, -0.1) is 0 Å². The molecule has 0 saturated carbocycles. The number of ether oxygens (including phenoxy) is 1. The van der Waals surface area contributed by atoms with Gasteiger partial charge in [0.1, 0.15) is 11.8 Å². The molecule has 1 fully saturated rings. The number of carbonyl (C=O) groups is 2. The van der Waals surface area contributed by atoms with E-state index in [0.29, 0.717) is 28.8 Å². The van der Waals surface area contributed by atoms with Crippen molar-refractivity contribution in [1.29, 1.82) is 0 Å². The number of benzene rings is 2. The molecule has 2 aromatic carbocycles. The number of anilines is 2. The number of hydrogen-bond donors (Lipinski definition) is 1. The standard InChI is InChI=1S/C24H22N4O3S/c1-31-20-12-7-11-19(14-20)28-23(30)21(15-22(29)26-17-8-3-2-4-9-17)27(24(28)32)16-18-10-5-6-13-25-18/h2-14,21H,15-16H2,1H3,(H,26,29)/t21-/m1/s1. The highest BCUT2D eigenvalue weighted by Gasteiger charge is 2.44. The number of amides is 2. The predicted molar refractivity (Wildman–Crippen MR) is 126 cm³/mol. The normalized spacial score (nSPS) is 15.7. The summed E-state index contributed by atoms with van der Waals surface area (Å²) in [7, 11) is 1.56. The Labute approximate surface area is 191 Å². The first-order valence-electron chi connectivity index (χ1n) is 10.1. The van der Waals surface area contributed by atoms with Crippen LogP contribution in [0.4, 0.5) is 11.4 Å². The number of nitrogens with zero attached hydrogens (tertiary/aromatic N) is 3. The Morgan fingerprint density at radius 1 is 1.09 bits per heavy atom. The minimum atomic E-state index is -0.751. The van der Waals surface area contributed by atoms with E-state index >= 15 is 0 Å². The quantitative estimate of drug-likeness (QED) is 0.559. The van der Waals surface area contributed by atoms with E-state index < -0.39 is 6.04 Å². The molecule has 0 aliphatic carbocycles. The van der Waals surface area contributed by atoms with E-state index in [1.165, 1.54) is 4.90 Å². The number of nitrogens with one attached hydrogen (secondary N) is 1. The monoisotopic (exact) mass is 446 g/mol. The van der Waals surface area contributed by atoms with Crippen molar-refractivity contribution < 1.29 is 14.3 Å². The lowest BCUT2D eigenvalue weighted by atomic mass is 10.1. The summed E-state index contributed by atoms with van der Waals surface area (Å²) in [6.07, 6.45) is 1.65. The Morgan fingerprint density at radius 2 is 1.88 bits per heavy atom. The Kier molecular flexibility index (Phi) is 6.42. The summed E-state index contributed by atoms with van der Waals surface area (Å²) in [5.74, 6) is 0.0814. The van der Waals surface area contributed by atoms with Crippen molar-refractivity contribution in [2.24, 2.45) is 0 Å². The summed E-state index contributed by atoms with van der Waals surface area (Å²) in [5.41, 5.74) is 2.02. The molecule has 1 aliphatic rings. The van der Waals surface area contributed by atoms with Crippen LogP contribution in [0.5, 0.6) is 5.75 Å². The van der Waals surface area contributed by atoms with Gasteiger partial charge in [0.2, 0.25) is 5.91 Å². The van der Waals surface area contributed by atoms with Crippen LogP contribution in [0.25, 0.3) is 0 Å². The molecule has 2 heterocycles. The zero-order valence-electron chi connectivity index (χ0n) is 17.5. The number of rotatable bonds is 7. The molecule has 8 heteroatoms. The van der Waals surface area contributed by atoms with E-state index in [9.17, 15) is 9.59 Å². The van der Waals surface area contributed by atoms with Gasteiger partial charge in [-0.1, -0.05) is 30.3 Å². The summed E-state index contributed by atoms with van der Waals surface area (Å²) in [5, 5.41) is 3.17. The lowest BCUT2D eigenvalue weighted by Gasteiger charge is -2.23. The van der Waals surface area contributed by atoms with Crippen LogP contribution in [0.2, 0.25) is 0 Å². The molecule has 0 bridgehead atoms. The molecule has 0 radical (unpaired) electrons. The smallest absolute Gasteiger partial charge is 0.256 e. The van der Waals surface area contributed by atoms with E-state index in [2.05, 4.69) is 10.3 Å². The first-order valence-corrected chi connectivity index (χ1v) is 10.5. The van der Waals surface area contributed by atoms with E-state index in [1.807, 2.05) is 36.4 Å². The summed E-state index contributed by atoms with van der Waals surface area (Å²) in [4.78, 5) is 33.8. The molecule has 1 atom stereocenters. The minimum Gasteiger partial charge on any atom is -0.497 e. The van der Waals surface area contributed by atoms with Gasteiger partial charge in [-0.2, -0.15) is 0 Å². The van der Waals surface area contributed by atoms with Gasteiger partial charge < -0.3 is 15.0 Å². The van der Waals surface area contributed by atoms with Gasteiger partial charge in [-0.3, -0.25) is 19.5 Å². The molecule has 4 rings (SSSR count). The van der Waals surface area contributed by atoms with Crippen LogP contribution in [0.1, 0.15) is 12.1 Å². The maximum Gasteiger partial charge on any atom is 0.256 e. The number of methoxy groups -OCH3 is 1. The summed E-state index contributed by atoms with van der Waals surface area (Å²) >= 11 is 5.69. The van der Waals surface area contributed by atoms with Crippen molar-refractivity contribution in [3.8, 4) is 5.75 Å². The second kappa shape index (κ2) is 9.57. The topological polar surface area (TPSA) is 74.8 Å². The lowest BCUT2D eigenvalue weighted by molar-refractivity contribution is -0.124. The molecule has 3 aromatic rings. The third-order valence-corrected chi connectivity index (χ3v) is 5.54. The fraction of sp³-hybridized carbons (Fsp3) is 0.167. The number of carbonyl (C=O) groups excluding carboxylic acids is 2. The highest BCUT2D eigenvalue weighted by atomic mass is 32.1. The van der Waals surface area contributed by atoms with Crippen LogP contribution in [0.3, 0.4) is 0 Å². The third-order valence-electron chi connectivity index (χ3n) is 5.12. The Morgan fingerprint density at radius 3 is 2.59 bits per heavy atom. The van der Waals surface area contributed by atoms with Gasteiger partial charge in [-0.05, 0) is 48.6 Å². The number of aromatic nitrogens is 1. The van der Waals surface area contributed by atoms with E-state index in [-0.39, 0.29) is 18.2 Å². The van der Waals surface area contributed by atoms with Gasteiger partial charge in [0.05, 0.1) is 31.5 Å². The van der Waals surface area contributed by atoms with E-state index in [1.54, 1.807) is 54.6 Å². The van der Waals surface area contributed by atoms with Gasteiger partial charge in [0.15, 0.2) is 5.11 Å². The van der Waals surface area contributed by atoms with Crippen LogP contribution < -0.4 is 15.0 Å². The molecule has 1 aliphatic heterocycles.